The van der Waals surface area contributed by atoms with Gasteiger partial charge in [-0.1, -0.05) is 11.1 Å². The molecular weight excluding hydrogens is 244 g/mol. The zero-order valence-corrected chi connectivity index (χ0v) is 12.1. The van der Waals surface area contributed by atoms with Crippen molar-refractivity contribution in [3.05, 3.63) is 23.3 Å². The van der Waals surface area contributed by atoms with E-state index < -0.39 is 0 Å². The van der Waals surface area contributed by atoms with Crippen LogP contribution in [0.25, 0.3) is 0 Å². The zero-order chi connectivity index (χ0) is 14.4. The third-order valence-electron chi connectivity index (χ3n) is 2.74. The number of rotatable bonds is 4. The van der Waals surface area contributed by atoms with Crippen molar-refractivity contribution in [2.45, 2.75) is 59.2 Å². The number of carbonyl (C=O) groups is 2. The summed E-state index contributed by atoms with van der Waals surface area (Å²) in [5, 5.41) is 0. The van der Waals surface area contributed by atoms with Crippen LogP contribution in [-0.4, -0.2) is 24.1 Å². The van der Waals surface area contributed by atoms with Gasteiger partial charge in [-0.15, -0.1) is 0 Å². The maximum absolute atomic E-state index is 11.6. The van der Waals surface area contributed by atoms with E-state index in [2.05, 4.69) is 0 Å². The molecular formula is C15H22O4. The number of allylic oxidation sites excluding steroid dienone is 2. The molecule has 0 N–H and O–H groups in total. The fraction of sp³-hybridized carbons (Fsp3) is 0.600. The van der Waals surface area contributed by atoms with Crippen molar-refractivity contribution in [1.82, 2.24) is 0 Å². The summed E-state index contributed by atoms with van der Waals surface area (Å²) in [5.41, 5.74) is 1.78. The van der Waals surface area contributed by atoms with Crippen molar-refractivity contribution >= 4 is 11.9 Å². The van der Waals surface area contributed by atoms with E-state index in [0.29, 0.717) is 0 Å². The van der Waals surface area contributed by atoms with Crippen LogP contribution in [0.3, 0.4) is 0 Å². The first kappa shape index (κ1) is 15.5. The minimum Gasteiger partial charge on any atom is -0.455 e. The molecule has 1 aliphatic carbocycles. The molecule has 0 aromatic rings. The van der Waals surface area contributed by atoms with E-state index in [1.807, 2.05) is 27.7 Å². The van der Waals surface area contributed by atoms with Crippen LogP contribution in [-0.2, 0) is 19.1 Å². The van der Waals surface area contributed by atoms with Gasteiger partial charge in [-0.25, -0.2) is 9.59 Å². The van der Waals surface area contributed by atoms with Gasteiger partial charge in [0.25, 0.3) is 0 Å². The summed E-state index contributed by atoms with van der Waals surface area (Å²) in [4.78, 5) is 23.1. The molecule has 19 heavy (non-hydrogen) atoms. The second kappa shape index (κ2) is 7.12. The molecule has 1 fully saturated rings. The largest absolute Gasteiger partial charge is 0.455 e. The Morgan fingerprint density at radius 2 is 1.21 bits per heavy atom. The third kappa shape index (κ3) is 5.73. The van der Waals surface area contributed by atoms with Crippen molar-refractivity contribution in [2.24, 2.45) is 0 Å². The van der Waals surface area contributed by atoms with E-state index in [-0.39, 0.29) is 24.1 Å². The van der Waals surface area contributed by atoms with Gasteiger partial charge in [-0.3, -0.25) is 0 Å². The fourth-order valence-electron chi connectivity index (χ4n) is 2.00. The highest BCUT2D eigenvalue weighted by Gasteiger charge is 2.32. The highest BCUT2D eigenvalue weighted by atomic mass is 16.6. The van der Waals surface area contributed by atoms with Crippen molar-refractivity contribution < 1.29 is 19.1 Å². The molecule has 4 heteroatoms. The Bertz CT molecular complexity index is 360. The lowest BCUT2D eigenvalue weighted by atomic mass is 10.2. The first-order valence-electron chi connectivity index (χ1n) is 6.59. The smallest absolute Gasteiger partial charge is 0.331 e. The van der Waals surface area contributed by atoms with E-state index >= 15 is 0 Å². The summed E-state index contributed by atoms with van der Waals surface area (Å²) >= 11 is 0. The summed E-state index contributed by atoms with van der Waals surface area (Å²) in [6, 6.07) is 0. The Morgan fingerprint density at radius 3 is 1.53 bits per heavy atom. The van der Waals surface area contributed by atoms with Crippen LogP contribution in [0.2, 0.25) is 0 Å². The quantitative estimate of drug-likeness (QED) is 0.580. The topological polar surface area (TPSA) is 52.6 Å². The van der Waals surface area contributed by atoms with E-state index in [1.165, 1.54) is 12.2 Å². The van der Waals surface area contributed by atoms with Gasteiger partial charge in [-0.2, -0.15) is 0 Å². The van der Waals surface area contributed by atoms with E-state index in [1.54, 1.807) is 0 Å². The summed E-state index contributed by atoms with van der Waals surface area (Å²) in [7, 11) is 0. The van der Waals surface area contributed by atoms with Crippen LogP contribution in [0.15, 0.2) is 23.3 Å². The second-order valence-electron chi connectivity index (χ2n) is 5.32. The monoisotopic (exact) mass is 266 g/mol. The molecule has 0 aliphatic heterocycles. The minimum atomic E-state index is -0.366. The average molecular weight is 266 g/mol. The lowest BCUT2D eigenvalue weighted by Crippen LogP contribution is -2.29. The SMILES string of the molecule is CC(C)=CC(=O)OC1CCCC1OC(=O)C=C(C)C. The number of ether oxygens (including phenoxy) is 2. The number of esters is 2. The normalized spacial score (nSPS) is 21.5. The summed E-state index contributed by atoms with van der Waals surface area (Å²) in [5.74, 6) is -0.731. The Labute approximate surface area is 114 Å². The Hall–Kier alpha value is -1.58. The van der Waals surface area contributed by atoms with Crippen LogP contribution < -0.4 is 0 Å². The maximum Gasteiger partial charge on any atom is 0.331 e. The molecule has 0 spiro atoms. The summed E-state index contributed by atoms with van der Waals surface area (Å²) in [6.45, 7) is 7.34. The van der Waals surface area contributed by atoms with Gasteiger partial charge >= 0.3 is 11.9 Å². The Morgan fingerprint density at radius 1 is 0.842 bits per heavy atom. The van der Waals surface area contributed by atoms with Crippen LogP contribution >= 0.6 is 0 Å². The van der Waals surface area contributed by atoms with Gasteiger partial charge in [0.1, 0.15) is 12.2 Å². The Balaban J connectivity index is 2.55. The van der Waals surface area contributed by atoms with Crippen molar-refractivity contribution in [3.8, 4) is 0 Å². The van der Waals surface area contributed by atoms with Gasteiger partial charge in [0, 0.05) is 12.2 Å². The molecule has 0 bridgehead atoms. The van der Waals surface area contributed by atoms with Crippen LogP contribution in [0, 0.1) is 0 Å². The molecule has 1 saturated carbocycles. The minimum absolute atomic E-state index is 0.322. The molecule has 0 amide bonds. The van der Waals surface area contributed by atoms with Gasteiger partial charge in [0.15, 0.2) is 0 Å². The number of hydrogen-bond acceptors (Lipinski definition) is 4. The molecule has 0 radical (unpaired) electrons. The molecule has 0 aromatic heterocycles. The molecule has 106 valence electrons. The summed E-state index contributed by atoms with van der Waals surface area (Å²) < 4.78 is 10.7. The Kier molecular flexibility index (Phi) is 5.80. The molecule has 2 unspecified atom stereocenters. The van der Waals surface area contributed by atoms with E-state index in [4.69, 9.17) is 9.47 Å². The van der Waals surface area contributed by atoms with Gasteiger partial charge in [0.05, 0.1) is 0 Å². The van der Waals surface area contributed by atoms with Crippen LogP contribution in [0.5, 0.6) is 0 Å². The van der Waals surface area contributed by atoms with Crippen LogP contribution in [0.4, 0.5) is 0 Å². The van der Waals surface area contributed by atoms with E-state index in [0.717, 1.165) is 30.4 Å². The van der Waals surface area contributed by atoms with Crippen LogP contribution in [0.1, 0.15) is 47.0 Å². The van der Waals surface area contributed by atoms with Gasteiger partial charge in [-0.05, 0) is 47.0 Å². The molecule has 1 aliphatic rings. The van der Waals surface area contributed by atoms with Gasteiger partial charge < -0.3 is 9.47 Å². The first-order chi connectivity index (χ1) is 8.88. The zero-order valence-electron chi connectivity index (χ0n) is 12.1. The van der Waals surface area contributed by atoms with E-state index in [9.17, 15) is 9.59 Å². The maximum atomic E-state index is 11.6. The molecule has 0 heterocycles. The van der Waals surface area contributed by atoms with Gasteiger partial charge in [0.2, 0.25) is 0 Å². The van der Waals surface area contributed by atoms with Crippen molar-refractivity contribution in [3.63, 3.8) is 0 Å². The highest BCUT2D eigenvalue weighted by molar-refractivity contribution is 5.83. The van der Waals surface area contributed by atoms with Crippen molar-refractivity contribution in [2.75, 3.05) is 0 Å². The lowest BCUT2D eigenvalue weighted by Gasteiger charge is -2.19. The fourth-order valence-corrected chi connectivity index (χ4v) is 2.00. The predicted molar refractivity (Wildman–Crippen MR) is 72.5 cm³/mol. The predicted octanol–water partition coefficient (Wildman–Crippen LogP) is 2.93. The summed E-state index contributed by atoms with van der Waals surface area (Å²) in [6.07, 6.45) is 4.65. The third-order valence-corrected chi connectivity index (χ3v) is 2.74. The lowest BCUT2D eigenvalue weighted by molar-refractivity contribution is -0.158. The second-order valence-corrected chi connectivity index (χ2v) is 5.32. The number of hydrogen-bond donors (Lipinski definition) is 0. The molecule has 0 aromatic carbocycles. The molecule has 2 atom stereocenters. The average Bonchev–Trinajstić information content (AvgIpc) is 2.62. The first-order valence-corrected chi connectivity index (χ1v) is 6.59. The highest BCUT2D eigenvalue weighted by Crippen LogP contribution is 2.25. The number of carbonyl (C=O) groups excluding carboxylic acids is 2. The molecule has 1 rings (SSSR count). The standard InChI is InChI=1S/C15H22O4/c1-10(2)8-14(16)18-12-6-5-7-13(12)19-15(17)9-11(3)4/h8-9,12-13H,5-7H2,1-4H3. The van der Waals surface area contributed by atoms with Crippen molar-refractivity contribution in [1.29, 1.82) is 0 Å². The molecule has 4 nitrogen and oxygen atoms in total. The molecule has 0 saturated heterocycles.